The van der Waals surface area contributed by atoms with E-state index in [-0.39, 0.29) is 12.2 Å². The summed E-state index contributed by atoms with van der Waals surface area (Å²) in [6, 6.07) is 5.27. The number of halogens is 4. The number of hydrogen-bond acceptors (Lipinski definition) is 3. The summed E-state index contributed by atoms with van der Waals surface area (Å²) in [5, 5.41) is 10.4. The Balaban J connectivity index is 2.56. The molecule has 0 aromatic heterocycles. The van der Waals surface area contributed by atoms with Gasteiger partial charge in [-0.05, 0) is 44.6 Å². The van der Waals surface area contributed by atoms with E-state index in [4.69, 9.17) is 16.9 Å². The molecule has 1 aromatic rings. The molecule has 1 aromatic carbocycles. The van der Waals surface area contributed by atoms with E-state index in [0.717, 1.165) is 25.0 Å². The van der Waals surface area contributed by atoms with Crippen molar-refractivity contribution >= 4 is 23.2 Å². The molecule has 1 rings (SSSR count). The molecular weight excluding hydrogens is 331 g/mol. The summed E-state index contributed by atoms with van der Waals surface area (Å²) in [6.07, 6.45) is -2.59. The van der Waals surface area contributed by atoms with E-state index in [1.807, 2.05) is 6.07 Å². The van der Waals surface area contributed by atoms with Gasteiger partial charge in [-0.2, -0.15) is 18.4 Å². The third-order valence-electron chi connectivity index (χ3n) is 3.05. The largest absolute Gasteiger partial charge is 0.417 e. The van der Waals surface area contributed by atoms with Gasteiger partial charge in [0, 0.05) is 12.1 Å². The third-order valence-corrected chi connectivity index (χ3v) is 3.38. The number of benzene rings is 1. The number of amides is 1. The van der Waals surface area contributed by atoms with Crippen LogP contribution in [-0.4, -0.2) is 30.9 Å². The van der Waals surface area contributed by atoms with Crippen LogP contribution >= 0.6 is 11.6 Å². The number of hydrogen-bond donors (Lipinski definition) is 1. The molecule has 0 fully saturated rings. The highest BCUT2D eigenvalue weighted by molar-refractivity contribution is 6.31. The van der Waals surface area contributed by atoms with Gasteiger partial charge in [0.15, 0.2) is 0 Å². The number of carbonyl (C=O) groups excluding carboxylic acids is 1. The van der Waals surface area contributed by atoms with Crippen LogP contribution < -0.4 is 5.32 Å². The summed E-state index contributed by atoms with van der Waals surface area (Å²) in [4.78, 5) is 13.6. The highest BCUT2D eigenvalue weighted by Crippen LogP contribution is 2.36. The molecule has 1 N–H and O–H groups in total. The average Bonchev–Trinajstić information content (AvgIpc) is 2.44. The molecule has 126 valence electrons. The number of likely N-dealkylation sites (N-methyl/N-ethyl adjacent to an activating group) is 1. The van der Waals surface area contributed by atoms with Crippen molar-refractivity contribution in [2.75, 3.05) is 25.5 Å². The first-order chi connectivity index (χ1) is 10.7. The van der Waals surface area contributed by atoms with Crippen molar-refractivity contribution in [3.63, 3.8) is 0 Å². The average molecular weight is 348 g/mol. The fourth-order valence-corrected chi connectivity index (χ4v) is 2.16. The van der Waals surface area contributed by atoms with Crippen molar-refractivity contribution in [1.82, 2.24) is 4.90 Å². The van der Waals surface area contributed by atoms with Gasteiger partial charge in [0.1, 0.15) is 0 Å². The predicted molar refractivity (Wildman–Crippen MR) is 82.0 cm³/mol. The molecule has 0 saturated carbocycles. The minimum Gasteiger partial charge on any atom is -0.325 e. The van der Waals surface area contributed by atoms with Gasteiger partial charge in [-0.25, -0.2) is 0 Å². The lowest BCUT2D eigenvalue weighted by molar-refractivity contribution is -0.137. The Hall–Kier alpha value is -1.78. The Kier molecular flexibility index (Phi) is 7.33. The lowest BCUT2D eigenvalue weighted by Crippen LogP contribution is -2.31. The predicted octanol–water partition coefficient (Wildman–Crippen LogP) is 3.92. The van der Waals surface area contributed by atoms with Crippen molar-refractivity contribution in [2.24, 2.45) is 0 Å². The summed E-state index contributed by atoms with van der Waals surface area (Å²) in [7, 11) is 1.73. The highest BCUT2D eigenvalue weighted by Gasteiger charge is 2.33. The molecule has 0 atom stereocenters. The topological polar surface area (TPSA) is 56.1 Å². The molecule has 8 heteroatoms. The summed E-state index contributed by atoms with van der Waals surface area (Å²) < 4.78 is 38.3. The number of carbonyl (C=O) groups is 1. The molecule has 4 nitrogen and oxygen atoms in total. The number of anilines is 1. The molecule has 0 radical (unpaired) electrons. The van der Waals surface area contributed by atoms with Gasteiger partial charge < -0.3 is 5.32 Å². The quantitative estimate of drug-likeness (QED) is 0.760. The maximum absolute atomic E-state index is 12.8. The Morgan fingerprint density at radius 3 is 2.70 bits per heavy atom. The van der Waals surface area contributed by atoms with Crippen LogP contribution in [0.15, 0.2) is 18.2 Å². The van der Waals surface area contributed by atoms with Crippen molar-refractivity contribution in [3.05, 3.63) is 28.8 Å². The number of nitriles is 1. The lowest BCUT2D eigenvalue weighted by atomic mass is 10.2. The van der Waals surface area contributed by atoms with Crippen LogP contribution in [0.25, 0.3) is 0 Å². The molecule has 0 aliphatic rings. The van der Waals surface area contributed by atoms with Crippen LogP contribution in [0.3, 0.4) is 0 Å². The van der Waals surface area contributed by atoms with E-state index in [1.54, 1.807) is 11.9 Å². The summed E-state index contributed by atoms with van der Waals surface area (Å²) in [6.45, 7) is 0.681. The third kappa shape index (κ3) is 6.89. The first kappa shape index (κ1) is 19.3. The number of nitrogens with zero attached hydrogens (tertiary/aromatic N) is 2. The molecule has 0 heterocycles. The molecule has 0 unspecified atom stereocenters. The van der Waals surface area contributed by atoms with Crippen LogP contribution in [0, 0.1) is 11.3 Å². The Morgan fingerprint density at radius 2 is 2.09 bits per heavy atom. The first-order valence-corrected chi connectivity index (χ1v) is 7.34. The van der Waals surface area contributed by atoms with E-state index in [2.05, 4.69) is 5.32 Å². The van der Waals surface area contributed by atoms with Crippen LogP contribution in [-0.2, 0) is 11.0 Å². The van der Waals surface area contributed by atoms with Crippen molar-refractivity contribution in [1.29, 1.82) is 5.26 Å². The molecule has 0 saturated heterocycles. The van der Waals surface area contributed by atoms with E-state index in [0.29, 0.717) is 13.0 Å². The van der Waals surface area contributed by atoms with Gasteiger partial charge in [-0.1, -0.05) is 11.6 Å². The van der Waals surface area contributed by atoms with Gasteiger partial charge in [0.25, 0.3) is 0 Å². The first-order valence-electron chi connectivity index (χ1n) is 6.96. The lowest BCUT2D eigenvalue weighted by Gasteiger charge is -2.16. The van der Waals surface area contributed by atoms with Gasteiger partial charge >= 0.3 is 6.18 Å². The minimum absolute atomic E-state index is 0.0459. The Morgan fingerprint density at radius 1 is 1.39 bits per heavy atom. The van der Waals surface area contributed by atoms with Crippen LogP contribution in [0.2, 0.25) is 5.02 Å². The second-order valence-electron chi connectivity index (χ2n) is 5.09. The van der Waals surface area contributed by atoms with Crippen molar-refractivity contribution in [3.8, 4) is 6.07 Å². The number of nitrogens with one attached hydrogen (secondary N) is 1. The minimum atomic E-state index is -4.57. The van der Waals surface area contributed by atoms with E-state index >= 15 is 0 Å². The van der Waals surface area contributed by atoms with E-state index in [9.17, 15) is 18.0 Å². The van der Waals surface area contributed by atoms with E-state index < -0.39 is 22.7 Å². The molecule has 0 bridgehead atoms. The smallest absolute Gasteiger partial charge is 0.325 e. The molecule has 23 heavy (non-hydrogen) atoms. The summed E-state index contributed by atoms with van der Waals surface area (Å²) >= 11 is 5.52. The van der Waals surface area contributed by atoms with Crippen LogP contribution in [0.4, 0.5) is 18.9 Å². The normalized spacial score (nSPS) is 11.3. The summed E-state index contributed by atoms with van der Waals surface area (Å²) in [5.41, 5.74) is -0.938. The Labute approximate surface area is 137 Å². The van der Waals surface area contributed by atoms with E-state index in [1.165, 1.54) is 6.07 Å². The zero-order chi connectivity index (χ0) is 17.5. The zero-order valence-corrected chi connectivity index (χ0v) is 13.3. The van der Waals surface area contributed by atoms with Gasteiger partial charge in [0.05, 0.1) is 23.2 Å². The maximum atomic E-state index is 12.8. The van der Waals surface area contributed by atoms with Crippen LogP contribution in [0.5, 0.6) is 0 Å². The fourth-order valence-electron chi connectivity index (χ4n) is 1.93. The second kappa shape index (κ2) is 8.75. The maximum Gasteiger partial charge on any atom is 0.417 e. The van der Waals surface area contributed by atoms with Crippen molar-refractivity contribution < 1.29 is 18.0 Å². The van der Waals surface area contributed by atoms with Crippen molar-refractivity contribution in [2.45, 2.75) is 25.4 Å². The van der Waals surface area contributed by atoms with Crippen LogP contribution in [0.1, 0.15) is 24.8 Å². The van der Waals surface area contributed by atoms with Gasteiger partial charge in [-0.3, -0.25) is 9.69 Å². The number of rotatable bonds is 7. The molecule has 0 aliphatic carbocycles. The van der Waals surface area contributed by atoms with Gasteiger partial charge in [0.2, 0.25) is 5.91 Å². The van der Waals surface area contributed by atoms with Gasteiger partial charge in [-0.15, -0.1) is 0 Å². The second-order valence-corrected chi connectivity index (χ2v) is 5.50. The molecular formula is C15H17ClF3N3O. The number of alkyl halides is 3. The molecule has 0 spiro atoms. The summed E-state index contributed by atoms with van der Waals surface area (Å²) in [5.74, 6) is -0.414. The SMILES string of the molecule is CN(CCCCC#N)CC(=O)Nc1ccc(Cl)c(C(F)(F)F)c1. The monoisotopic (exact) mass is 347 g/mol. The standard InChI is InChI=1S/C15H17ClF3N3O/c1-22(8-4-2-3-7-20)10-14(23)21-11-5-6-13(16)12(9-11)15(17,18)19/h5-6,9H,2-4,8,10H2,1H3,(H,21,23). The zero-order valence-electron chi connectivity index (χ0n) is 12.6. The Bertz CT molecular complexity index is 584. The molecule has 1 amide bonds. The highest BCUT2D eigenvalue weighted by atomic mass is 35.5. The molecule has 0 aliphatic heterocycles. The number of unbranched alkanes of at least 4 members (excludes halogenated alkanes) is 2. The fraction of sp³-hybridized carbons (Fsp3) is 0.467.